The number of benzene rings is 1. The monoisotopic (exact) mass is 505 g/mol. The number of hydrogen-bond acceptors (Lipinski definition) is 6. The summed E-state index contributed by atoms with van der Waals surface area (Å²) in [4.78, 5) is 22.2. The number of carbonyl (C=O) groups is 1. The molecule has 7 nitrogen and oxygen atoms in total. The van der Waals surface area contributed by atoms with Crippen molar-refractivity contribution < 1.29 is 19.4 Å². The smallest absolute Gasteiger partial charge is 0.259 e. The molecule has 0 bridgehead atoms. The number of nitrogens with zero attached hydrogens (tertiary/aromatic N) is 3. The molecule has 4 rings (SSSR count). The molecule has 1 N–H and O–H groups in total. The van der Waals surface area contributed by atoms with Crippen LogP contribution in [0.5, 0.6) is 5.88 Å². The van der Waals surface area contributed by atoms with Crippen molar-refractivity contribution in [1.29, 1.82) is 0 Å². The first-order valence-electron chi connectivity index (χ1n) is 13.3. The van der Waals surface area contributed by atoms with Crippen molar-refractivity contribution in [2.24, 2.45) is 11.8 Å². The van der Waals surface area contributed by atoms with Gasteiger partial charge in [0.25, 0.3) is 5.91 Å². The molecule has 198 valence electrons. The topological polar surface area (TPSA) is 75.1 Å². The lowest BCUT2D eigenvalue weighted by molar-refractivity contribution is 0.0254. The molecule has 0 aliphatic carbocycles. The molecule has 0 spiro atoms. The molecule has 2 aliphatic heterocycles. The van der Waals surface area contributed by atoms with Crippen molar-refractivity contribution in [1.82, 2.24) is 14.8 Å². The van der Waals surface area contributed by atoms with Crippen molar-refractivity contribution >= 4 is 5.91 Å². The molecule has 7 heteroatoms. The number of aliphatic hydroxyl groups excluding tert-OH is 1. The highest BCUT2D eigenvalue weighted by Crippen LogP contribution is 2.27. The van der Waals surface area contributed by atoms with E-state index in [1.54, 1.807) is 17.2 Å². The number of likely N-dealkylation sites (N-methyl/N-ethyl adjacent to an activating group) is 1. The number of amides is 1. The van der Waals surface area contributed by atoms with Gasteiger partial charge >= 0.3 is 0 Å². The molecule has 1 aromatic heterocycles. The average Bonchev–Trinajstić information content (AvgIpc) is 2.91. The fourth-order valence-corrected chi connectivity index (χ4v) is 4.98. The zero-order chi connectivity index (χ0) is 26.2. The molecule has 3 heterocycles. The molecule has 0 unspecified atom stereocenters. The van der Waals surface area contributed by atoms with Gasteiger partial charge in [-0.3, -0.25) is 4.79 Å². The molecule has 1 aromatic carbocycles. The minimum atomic E-state index is -0.311. The molecule has 0 saturated carbocycles. The number of aromatic nitrogens is 1. The van der Waals surface area contributed by atoms with Crippen molar-refractivity contribution in [3.8, 4) is 17.7 Å². The number of fused-ring (bicyclic) bond motifs is 1. The minimum absolute atomic E-state index is 0.0652. The molecular formula is C30H39N3O4. The molecule has 1 fully saturated rings. The fraction of sp³-hybridized carbons (Fsp3) is 0.533. The summed E-state index contributed by atoms with van der Waals surface area (Å²) in [7, 11) is 2.13. The summed E-state index contributed by atoms with van der Waals surface area (Å²) >= 11 is 0. The van der Waals surface area contributed by atoms with Crippen LogP contribution in [0.3, 0.4) is 0 Å². The van der Waals surface area contributed by atoms with Gasteiger partial charge in [0.15, 0.2) is 0 Å². The van der Waals surface area contributed by atoms with E-state index in [1.165, 1.54) is 0 Å². The molecule has 2 aliphatic rings. The summed E-state index contributed by atoms with van der Waals surface area (Å²) < 4.78 is 11.9. The highest BCUT2D eigenvalue weighted by Gasteiger charge is 2.34. The Bertz CT molecular complexity index is 1090. The van der Waals surface area contributed by atoms with E-state index in [0.717, 1.165) is 44.7 Å². The van der Waals surface area contributed by atoms with E-state index in [2.05, 4.69) is 35.7 Å². The van der Waals surface area contributed by atoms with E-state index in [9.17, 15) is 9.90 Å². The summed E-state index contributed by atoms with van der Waals surface area (Å²) in [6.45, 7) is 7.75. The number of carbonyl (C=O) groups excluding carboxylic acids is 1. The lowest BCUT2D eigenvalue weighted by Crippen LogP contribution is -2.50. The van der Waals surface area contributed by atoms with Gasteiger partial charge < -0.3 is 24.4 Å². The first-order chi connectivity index (χ1) is 17.9. The second-order valence-corrected chi connectivity index (χ2v) is 10.4. The number of hydrogen-bond donors (Lipinski definition) is 1. The minimum Gasteiger partial charge on any atom is -0.472 e. The fourth-order valence-electron chi connectivity index (χ4n) is 4.98. The molecule has 2 aromatic rings. The molecule has 3 atom stereocenters. The summed E-state index contributed by atoms with van der Waals surface area (Å²) in [5, 5.41) is 9.89. The van der Waals surface area contributed by atoms with Crippen LogP contribution in [0.25, 0.3) is 0 Å². The third-order valence-corrected chi connectivity index (χ3v) is 7.29. The Morgan fingerprint density at radius 2 is 1.97 bits per heavy atom. The van der Waals surface area contributed by atoms with Crippen LogP contribution in [0.4, 0.5) is 0 Å². The first-order valence-corrected chi connectivity index (χ1v) is 13.3. The summed E-state index contributed by atoms with van der Waals surface area (Å²) in [6, 6.07) is 11.5. The first kappa shape index (κ1) is 27.1. The second kappa shape index (κ2) is 13.0. The van der Waals surface area contributed by atoms with Gasteiger partial charge in [0.1, 0.15) is 11.7 Å². The second-order valence-electron chi connectivity index (χ2n) is 10.4. The van der Waals surface area contributed by atoms with E-state index in [-0.39, 0.29) is 30.6 Å². The quantitative estimate of drug-likeness (QED) is 0.583. The van der Waals surface area contributed by atoms with Crippen LogP contribution in [0.2, 0.25) is 0 Å². The van der Waals surface area contributed by atoms with Gasteiger partial charge in [-0.2, -0.15) is 0 Å². The van der Waals surface area contributed by atoms with Gasteiger partial charge in [-0.15, -0.1) is 0 Å². The average molecular weight is 506 g/mol. The zero-order valence-electron chi connectivity index (χ0n) is 22.2. The number of aliphatic hydroxyl groups is 1. The van der Waals surface area contributed by atoms with E-state index >= 15 is 0 Å². The van der Waals surface area contributed by atoms with Crippen molar-refractivity contribution in [2.45, 2.75) is 45.3 Å². The van der Waals surface area contributed by atoms with Crippen molar-refractivity contribution in [3.05, 3.63) is 59.3 Å². The molecular weight excluding hydrogens is 466 g/mol. The van der Waals surface area contributed by atoms with Gasteiger partial charge in [-0.05, 0) is 44.4 Å². The van der Waals surface area contributed by atoms with Crippen LogP contribution < -0.4 is 4.74 Å². The van der Waals surface area contributed by atoms with E-state index in [4.69, 9.17) is 9.47 Å². The van der Waals surface area contributed by atoms with E-state index in [0.29, 0.717) is 35.9 Å². The Kier molecular flexibility index (Phi) is 9.56. The summed E-state index contributed by atoms with van der Waals surface area (Å²) in [6.07, 6.45) is 4.32. The van der Waals surface area contributed by atoms with Crippen LogP contribution in [0, 0.1) is 23.7 Å². The van der Waals surface area contributed by atoms with Crippen molar-refractivity contribution in [3.63, 3.8) is 0 Å². The van der Waals surface area contributed by atoms with Gasteiger partial charge in [0.2, 0.25) is 5.88 Å². The van der Waals surface area contributed by atoms with Crippen LogP contribution in [-0.2, 0) is 11.2 Å². The Labute approximate surface area is 220 Å². The normalized spacial score (nSPS) is 21.3. The molecule has 1 amide bonds. The van der Waals surface area contributed by atoms with Crippen LogP contribution in [0.1, 0.15) is 48.2 Å². The molecule has 0 radical (unpaired) electrons. The largest absolute Gasteiger partial charge is 0.472 e. The van der Waals surface area contributed by atoms with Gasteiger partial charge in [-0.25, -0.2) is 4.98 Å². The summed E-state index contributed by atoms with van der Waals surface area (Å²) in [5.41, 5.74) is 2.21. The van der Waals surface area contributed by atoms with Gasteiger partial charge in [-0.1, -0.05) is 49.1 Å². The maximum Gasteiger partial charge on any atom is 0.259 e. The summed E-state index contributed by atoms with van der Waals surface area (Å²) in [5.74, 6) is 7.17. The number of rotatable bonds is 7. The highest BCUT2D eigenvalue weighted by atomic mass is 16.5. The third-order valence-electron chi connectivity index (χ3n) is 7.29. The molecule has 37 heavy (non-hydrogen) atoms. The lowest BCUT2D eigenvalue weighted by atomic mass is 9.97. The van der Waals surface area contributed by atoms with Gasteiger partial charge in [0.05, 0.1) is 12.6 Å². The van der Waals surface area contributed by atoms with Crippen LogP contribution in [0.15, 0.2) is 42.6 Å². The van der Waals surface area contributed by atoms with Crippen LogP contribution >= 0.6 is 0 Å². The Morgan fingerprint density at radius 1 is 1.22 bits per heavy atom. The predicted molar refractivity (Wildman–Crippen MR) is 143 cm³/mol. The predicted octanol–water partition coefficient (Wildman–Crippen LogP) is 3.25. The Morgan fingerprint density at radius 3 is 2.70 bits per heavy atom. The standard InChI is InChI=1S/C30H39N3O4/c1-22-18-33(23(2)21-34)30(35)27-16-26(11-7-10-24-8-5-4-6-9-24)17-31-29(27)37-28(22)20-32(3)19-25-12-14-36-15-13-25/h4-6,8-9,16-17,22-23,25,28,34H,10,12-15,18-21H2,1-3H3/t22-,23+,28-/m0/s1. The SMILES string of the molecule is C[C@H](CO)N1C[C@H](C)[C@H](CN(C)CC2CCOCC2)Oc2ncc(C#CCc3ccccc3)cc2C1=O. The Balaban J connectivity index is 1.55. The van der Waals surface area contributed by atoms with Crippen LogP contribution in [-0.4, -0.2) is 84.4 Å². The Hall–Kier alpha value is -2.92. The van der Waals surface area contributed by atoms with E-state index in [1.807, 2.05) is 37.3 Å². The maximum atomic E-state index is 13.6. The van der Waals surface area contributed by atoms with E-state index < -0.39 is 0 Å². The van der Waals surface area contributed by atoms with Gasteiger partial charge in [0, 0.05) is 56.9 Å². The lowest BCUT2D eigenvalue weighted by Gasteiger charge is -2.38. The zero-order valence-corrected chi connectivity index (χ0v) is 22.2. The van der Waals surface area contributed by atoms with Crippen molar-refractivity contribution in [2.75, 3.05) is 46.5 Å². The molecule has 1 saturated heterocycles. The number of pyridine rings is 1. The highest BCUT2D eigenvalue weighted by molar-refractivity contribution is 5.97. The maximum absolute atomic E-state index is 13.6. The number of ether oxygens (including phenoxy) is 2. The third kappa shape index (κ3) is 7.32.